The molecule has 0 fully saturated rings. The highest BCUT2D eigenvalue weighted by molar-refractivity contribution is 7.98. The van der Waals surface area contributed by atoms with Crippen molar-refractivity contribution < 1.29 is 4.42 Å². The second-order valence-corrected chi connectivity index (χ2v) is 4.86. The van der Waals surface area contributed by atoms with Crippen LogP contribution in [-0.2, 0) is 5.75 Å². The predicted octanol–water partition coefficient (Wildman–Crippen LogP) is 2.11. The molecule has 0 spiro atoms. The van der Waals surface area contributed by atoms with E-state index in [1.54, 1.807) is 0 Å². The molecule has 0 bridgehead atoms. The van der Waals surface area contributed by atoms with Crippen LogP contribution in [0.15, 0.2) is 57.0 Å². The first kappa shape index (κ1) is 12.6. The van der Waals surface area contributed by atoms with Crippen LogP contribution in [0.25, 0.3) is 11.5 Å². The molecule has 0 unspecified atom stereocenters. The highest BCUT2D eigenvalue weighted by atomic mass is 32.2. The van der Waals surface area contributed by atoms with E-state index in [9.17, 15) is 4.79 Å². The van der Waals surface area contributed by atoms with Gasteiger partial charge in [-0.3, -0.25) is 4.79 Å². The summed E-state index contributed by atoms with van der Waals surface area (Å²) >= 11 is 1.33. The Morgan fingerprint density at radius 3 is 2.80 bits per heavy atom. The van der Waals surface area contributed by atoms with Crippen LogP contribution in [0, 0.1) is 0 Å². The molecule has 1 aromatic carbocycles. The highest BCUT2D eigenvalue weighted by Gasteiger charge is 2.09. The van der Waals surface area contributed by atoms with E-state index in [4.69, 9.17) is 4.42 Å². The summed E-state index contributed by atoms with van der Waals surface area (Å²) in [4.78, 5) is 17.8. The number of H-pyrrole nitrogens is 1. The molecule has 7 heteroatoms. The minimum absolute atomic E-state index is 0.182. The average molecular weight is 286 g/mol. The van der Waals surface area contributed by atoms with Crippen molar-refractivity contribution >= 4 is 11.8 Å². The SMILES string of the molecule is O=c1ccnc(SCc2nnc(-c3ccccc3)o2)[nH]1. The number of rotatable bonds is 4. The minimum atomic E-state index is -0.182. The van der Waals surface area contributed by atoms with Gasteiger partial charge in [0.15, 0.2) is 5.16 Å². The Morgan fingerprint density at radius 1 is 1.15 bits per heavy atom. The molecule has 1 N–H and O–H groups in total. The van der Waals surface area contributed by atoms with E-state index in [1.165, 1.54) is 24.0 Å². The zero-order chi connectivity index (χ0) is 13.8. The second-order valence-electron chi connectivity index (χ2n) is 3.89. The molecule has 0 aliphatic carbocycles. The standard InChI is InChI=1S/C13H10N4O2S/c18-10-6-7-14-13(15-10)20-8-11-16-17-12(19-11)9-4-2-1-3-5-9/h1-7H,8H2,(H,14,15,18). The molecule has 0 saturated carbocycles. The van der Waals surface area contributed by atoms with E-state index in [1.807, 2.05) is 30.3 Å². The van der Waals surface area contributed by atoms with Crippen LogP contribution in [0.1, 0.15) is 5.89 Å². The maximum atomic E-state index is 11.1. The maximum absolute atomic E-state index is 11.1. The van der Waals surface area contributed by atoms with E-state index >= 15 is 0 Å². The van der Waals surface area contributed by atoms with Gasteiger partial charge in [0.1, 0.15) is 0 Å². The Bertz CT molecular complexity index is 754. The molecule has 0 aliphatic heterocycles. The third kappa shape index (κ3) is 2.94. The van der Waals surface area contributed by atoms with E-state index in [0.29, 0.717) is 22.7 Å². The molecular weight excluding hydrogens is 276 g/mol. The molecule has 0 saturated heterocycles. The van der Waals surface area contributed by atoms with Gasteiger partial charge in [-0.2, -0.15) is 0 Å². The molecule has 100 valence electrons. The van der Waals surface area contributed by atoms with E-state index in [2.05, 4.69) is 20.2 Å². The zero-order valence-corrected chi connectivity index (χ0v) is 11.1. The van der Waals surface area contributed by atoms with E-state index < -0.39 is 0 Å². The first-order valence-corrected chi connectivity index (χ1v) is 6.86. The van der Waals surface area contributed by atoms with Gasteiger partial charge in [-0.05, 0) is 12.1 Å². The van der Waals surface area contributed by atoms with E-state index in [0.717, 1.165) is 5.56 Å². The summed E-state index contributed by atoms with van der Waals surface area (Å²) in [6, 6.07) is 10.9. The quantitative estimate of drug-likeness (QED) is 0.584. The normalized spacial score (nSPS) is 10.6. The fourth-order valence-electron chi connectivity index (χ4n) is 1.56. The van der Waals surface area contributed by atoms with Crippen molar-refractivity contribution in [3.05, 3.63) is 58.8 Å². The average Bonchev–Trinajstić information content (AvgIpc) is 2.95. The van der Waals surface area contributed by atoms with Gasteiger partial charge in [-0.25, -0.2) is 4.98 Å². The Hall–Kier alpha value is -2.41. The Morgan fingerprint density at radius 2 is 2.00 bits per heavy atom. The summed E-state index contributed by atoms with van der Waals surface area (Å²) in [7, 11) is 0. The fourth-order valence-corrected chi connectivity index (χ4v) is 2.25. The van der Waals surface area contributed by atoms with Gasteiger partial charge >= 0.3 is 0 Å². The van der Waals surface area contributed by atoms with Gasteiger partial charge in [0.25, 0.3) is 5.56 Å². The topological polar surface area (TPSA) is 84.7 Å². The summed E-state index contributed by atoms with van der Waals surface area (Å²) in [6.45, 7) is 0. The summed E-state index contributed by atoms with van der Waals surface area (Å²) in [5.74, 6) is 1.42. The molecule has 2 heterocycles. The Kier molecular flexibility index (Phi) is 3.60. The number of hydrogen-bond donors (Lipinski definition) is 1. The number of nitrogens with zero attached hydrogens (tertiary/aromatic N) is 3. The minimum Gasteiger partial charge on any atom is -0.420 e. The Labute approximate surface area is 118 Å². The van der Waals surface area contributed by atoms with Gasteiger partial charge in [-0.15, -0.1) is 10.2 Å². The molecule has 0 radical (unpaired) electrons. The van der Waals surface area contributed by atoms with Crippen LogP contribution < -0.4 is 5.56 Å². The number of aromatic amines is 1. The Balaban J connectivity index is 1.70. The number of benzene rings is 1. The lowest BCUT2D eigenvalue weighted by Gasteiger charge is -1.96. The van der Waals surface area contributed by atoms with Crippen molar-refractivity contribution in [2.75, 3.05) is 0 Å². The van der Waals surface area contributed by atoms with Crippen LogP contribution in [-0.4, -0.2) is 20.2 Å². The number of thioether (sulfide) groups is 1. The first-order chi connectivity index (χ1) is 9.81. The van der Waals surface area contributed by atoms with Crippen LogP contribution in [0.3, 0.4) is 0 Å². The largest absolute Gasteiger partial charge is 0.420 e. The van der Waals surface area contributed by atoms with Gasteiger partial charge in [0.05, 0.1) is 5.75 Å². The summed E-state index contributed by atoms with van der Waals surface area (Å²) in [6.07, 6.45) is 1.46. The van der Waals surface area contributed by atoms with Gasteiger partial charge in [0.2, 0.25) is 11.8 Å². The van der Waals surface area contributed by atoms with Crippen LogP contribution in [0.5, 0.6) is 0 Å². The second kappa shape index (κ2) is 5.70. The van der Waals surface area contributed by atoms with Gasteiger partial charge in [-0.1, -0.05) is 30.0 Å². The van der Waals surface area contributed by atoms with Crippen LogP contribution >= 0.6 is 11.8 Å². The summed E-state index contributed by atoms with van der Waals surface area (Å²) < 4.78 is 5.56. The highest BCUT2D eigenvalue weighted by Crippen LogP contribution is 2.21. The predicted molar refractivity (Wildman–Crippen MR) is 74.2 cm³/mol. The van der Waals surface area contributed by atoms with Crippen LogP contribution in [0.4, 0.5) is 0 Å². The van der Waals surface area contributed by atoms with Crippen molar-refractivity contribution in [3.63, 3.8) is 0 Å². The van der Waals surface area contributed by atoms with Crippen LogP contribution in [0.2, 0.25) is 0 Å². The molecular formula is C13H10N4O2S. The van der Waals surface area contributed by atoms with Crippen molar-refractivity contribution in [1.29, 1.82) is 0 Å². The lowest BCUT2D eigenvalue weighted by atomic mass is 10.2. The molecule has 0 aliphatic rings. The van der Waals surface area contributed by atoms with Crippen molar-refractivity contribution in [2.24, 2.45) is 0 Å². The third-order valence-corrected chi connectivity index (χ3v) is 3.34. The molecule has 0 amide bonds. The molecule has 20 heavy (non-hydrogen) atoms. The number of nitrogens with one attached hydrogen (secondary N) is 1. The molecule has 3 rings (SSSR count). The number of aromatic nitrogens is 4. The smallest absolute Gasteiger partial charge is 0.251 e. The molecule has 3 aromatic rings. The first-order valence-electron chi connectivity index (χ1n) is 5.87. The van der Waals surface area contributed by atoms with Crippen molar-refractivity contribution in [2.45, 2.75) is 10.9 Å². The fraction of sp³-hybridized carbons (Fsp3) is 0.0769. The molecule has 0 atom stereocenters. The van der Waals surface area contributed by atoms with Gasteiger partial charge < -0.3 is 9.40 Å². The van der Waals surface area contributed by atoms with Crippen molar-refractivity contribution in [3.8, 4) is 11.5 Å². The number of hydrogen-bond acceptors (Lipinski definition) is 6. The monoisotopic (exact) mass is 286 g/mol. The molecule has 6 nitrogen and oxygen atoms in total. The zero-order valence-electron chi connectivity index (χ0n) is 10.3. The van der Waals surface area contributed by atoms with Gasteiger partial charge in [0, 0.05) is 17.8 Å². The lowest BCUT2D eigenvalue weighted by Crippen LogP contribution is -2.05. The maximum Gasteiger partial charge on any atom is 0.251 e. The summed E-state index contributed by atoms with van der Waals surface area (Å²) in [5.41, 5.74) is 0.695. The molecule has 2 aromatic heterocycles. The van der Waals surface area contributed by atoms with E-state index in [-0.39, 0.29) is 5.56 Å². The summed E-state index contributed by atoms with van der Waals surface area (Å²) in [5, 5.41) is 8.49. The third-order valence-electron chi connectivity index (χ3n) is 2.47. The lowest BCUT2D eigenvalue weighted by molar-refractivity contribution is 0.528. The van der Waals surface area contributed by atoms with Crippen molar-refractivity contribution in [1.82, 2.24) is 20.2 Å².